The first-order valence-electron chi connectivity index (χ1n) is 7.51. The summed E-state index contributed by atoms with van der Waals surface area (Å²) in [7, 11) is 0. The number of hydrogen-bond donors (Lipinski definition) is 1. The lowest BCUT2D eigenvalue weighted by Gasteiger charge is -2.25. The Morgan fingerprint density at radius 3 is 2.95 bits per heavy atom. The monoisotopic (exact) mass is 270 g/mol. The van der Waals surface area contributed by atoms with Gasteiger partial charge >= 0.3 is 0 Å². The molecule has 2 aromatic rings. The van der Waals surface area contributed by atoms with Crippen LogP contribution in [0.4, 0.5) is 0 Å². The molecule has 1 aliphatic rings. The standard InChI is InChI=1S/C17H22N2O/c1-3-18-17(16-9-8-12(2)20-16)14-10-13-6-4-5-7-15(13)19-11-14/h4-7,10-12,16-18H,3,8-9H2,1-2H3. The van der Waals surface area contributed by atoms with Crippen molar-refractivity contribution in [2.24, 2.45) is 0 Å². The van der Waals surface area contributed by atoms with Gasteiger partial charge in [0.2, 0.25) is 0 Å². The van der Waals surface area contributed by atoms with Crippen molar-refractivity contribution in [2.45, 2.75) is 44.9 Å². The lowest BCUT2D eigenvalue weighted by atomic mass is 9.99. The van der Waals surface area contributed by atoms with Crippen molar-refractivity contribution in [1.29, 1.82) is 0 Å². The zero-order valence-corrected chi connectivity index (χ0v) is 12.2. The average Bonchev–Trinajstić information content (AvgIpc) is 2.90. The fourth-order valence-corrected chi connectivity index (χ4v) is 3.02. The highest BCUT2D eigenvalue weighted by atomic mass is 16.5. The molecule has 20 heavy (non-hydrogen) atoms. The predicted molar refractivity (Wildman–Crippen MR) is 81.7 cm³/mol. The van der Waals surface area contributed by atoms with Gasteiger partial charge in [-0.1, -0.05) is 25.1 Å². The Kier molecular flexibility index (Phi) is 3.99. The van der Waals surface area contributed by atoms with E-state index < -0.39 is 0 Å². The summed E-state index contributed by atoms with van der Waals surface area (Å²) in [5, 5.41) is 4.75. The third-order valence-electron chi connectivity index (χ3n) is 4.03. The Bertz CT molecular complexity index is 584. The molecule has 0 spiro atoms. The van der Waals surface area contributed by atoms with Gasteiger partial charge < -0.3 is 10.1 Å². The predicted octanol–water partition coefficient (Wildman–Crippen LogP) is 3.45. The van der Waals surface area contributed by atoms with Gasteiger partial charge in [0.25, 0.3) is 0 Å². The number of benzene rings is 1. The Labute approximate surface area is 120 Å². The summed E-state index contributed by atoms with van der Waals surface area (Å²) in [6, 6.07) is 10.7. The maximum atomic E-state index is 6.05. The number of likely N-dealkylation sites (N-methyl/N-ethyl adjacent to an activating group) is 1. The minimum atomic E-state index is 0.238. The number of nitrogens with zero attached hydrogens (tertiary/aromatic N) is 1. The van der Waals surface area contributed by atoms with Gasteiger partial charge in [0.05, 0.1) is 23.8 Å². The second-order valence-corrected chi connectivity index (χ2v) is 5.56. The lowest BCUT2D eigenvalue weighted by molar-refractivity contribution is 0.0319. The largest absolute Gasteiger partial charge is 0.373 e. The number of para-hydroxylation sites is 1. The van der Waals surface area contributed by atoms with E-state index in [-0.39, 0.29) is 12.1 Å². The van der Waals surface area contributed by atoms with E-state index in [4.69, 9.17) is 4.74 Å². The Morgan fingerprint density at radius 1 is 1.35 bits per heavy atom. The summed E-state index contributed by atoms with van der Waals surface area (Å²) < 4.78 is 6.05. The van der Waals surface area contributed by atoms with Gasteiger partial charge in [0.15, 0.2) is 0 Å². The molecule has 2 heterocycles. The summed E-state index contributed by atoms with van der Waals surface area (Å²) in [6.45, 7) is 5.23. The van der Waals surface area contributed by atoms with Crippen LogP contribution in [-0.4, -0.2) is 23.7 Å². The van der Waals surface area contributed by atoms with E-state index in [1.54, 1.807) is 0 Å². The van der Waals surface area contributed by atoms with Gasteiger partial charge in [-0.2, -0.15) is 0 Å². The molecule has 1 N–H and O–H groups in total. The van der Waals surface area contributed by atoms with E-state index in [0.717, 1.165) is 24.9 Å². The van der Waals surface area contributed by atoms with Crippen LogP contribution in [0.5, 0.6) is 0 Å². The van der Waals surface area contributed by atoms with Crippen LogP contribution in [0, 0.1) is 0 Å². The van der Waals surface area contributed by atoms with Crippen LogP contribution in [0.15, 0.2) is 36.5 Å². The van der Waals surface area contributed by atoms with Crippen LogP contribution in [0.3, 0.4) is 0 Å². The molecule has 3 heteroatoms. The van der Waals surface area contributed by atoms with Crippen molar-refractivity contribution >= 4 is 10.9 Å². The van der Waals surface area contributed by atoms with Gasteiger partial charge in [-0.05, 0) is 44.0 Å². The van der Waals surface area contributed by atoms with Gasteiger partial charge in [0.1, 0.15) is 0 Å². The highest BCUT2D eigenvalue weighted by molar-refractivity contribution is 5.78. The molecule has 3 nitrogen and oxygen atoms in total. The van der Waals surface area contributed by atoms with Crippen molar-refractivity contribution in [2.75, 3.05) is 6.54 Å². The van der Waals surface area contributed by atoms with Crippen molar-refractivity contribution in [3.8, 4) is 0 Å². The Morgan fingerprint density at radius 2 is 2.20 bits per heavy atom. The van der Waals surface area contributed by atoms with Crippen molar-refractivity contribution in [1.82, 2.24) is 10.3 Å². The van der Waals surface area contributed by atoms with Crippen molar-refractivity contribution < 1.29 is 4.74 Å². The molecule has 1 aromatic carbocycles. The smallest absolute Gasteiger partial charge is 0.0774 e. The Hall–Kier alpha value is -1.45. The third-order valence-corrected chi connectivity index (χ3v) is 4.03. The van der Waals surface area contributed by atoms with Crippen molar-refractivity contribution in [3.63, 3.8) is 0 Å². The number of pyridine rings is 1. The minimum Gasteiger partial charge on any atom is -0.373 e. The molecule has 0 bridgehead atoms. The summed E-state index contributed by atoms with van der Waals surface area (Å²) in [4.78, 5) is 4.58. The lowest BCUT2D eigenvalue weighted by Crippen LogP contribution is -2.32. The molecule has 1 aromatic heterocycles. The second-order valence-electron chi connectivity index (χ2n) is 5.56. The molecule has 1 aliphatic heterocycles. The molecule has 106 valence electrons. The molecule has 3 unspecified atom stereocenters. The van der Waals surface area contributed by atoms with E-state index in [1.165, 1.54) is 10.9 Å². The maximum absolute atomic E-state index is 6.05. The highest BCUT2D eigenvalue weighted by Gasteiger charge is 2.30. The quantitative estimate of drug-likeness (QED) is 0.924. The summed E-state index contributed by atoms with van der Waals surface area (Å²) in [5.41, 5.74) is 2.27. The first-order chi connectivity index (χ1) is 9.78. The fraction of sp³-hybridized carbons (Fsp3) is 0.471. The van der Waals surface area contributed by atoms with Gasteiger partial charge in [0, 0.05) is 11.6 Å². The first-order valence-corrected chi connectivity index (χ1v) is 7.51. The molecular formula is C17H22N2O. The number of hydrogen-bond acceptors (Lipinski definition) is 3. The topological polar surface area (TPSA) is 34.2 Å². The highest BCUT2D eigenvalue weighted by Crippen LogP contribution is 2.30. The number of nitrogens with one attached hydrogen (secondary N) is 1. The molecule has 0 amide bonds. The molecule has 3 rings (SSSR count). The van der Waals surface area contributed by atoms with E-state index in [0.29, 0.717) is 6.10 Å². The molecule has 1 fully saturated rings. The van der Waals surface area contributed by atoms with Crippen molar-refractivity contribution in [3.05, 3.63) is 42.1 Å². The van der Waals surface area contributed by atoms with Crippen LogP contribution >= 0.6 is 0 Å². The SMILES string of the molecule is CCNC(c1cnc2ccccc2c1)C1CCC(C)O1. The normalized spacial score (nSPS) is 24.1. The van der Waals surface area contributed by atoms with Crippen LogP contribution < -0.4 is 5.32 Å². The zero-order chi connectivity index (χ0) is 13.9. The van der Waals surface area contributed by atoms with Crippen LogP contribution in [0.2, 0.25) is 0 Å². The van der Waals surface area contributed by atoms with E-state index >= 15 is 0 Å². The first kappa shape index (κ1) is 13.5. The van der Waals surface area contributed by atoms with Crippen LogP contribution in [0.25, 0.3) is 10.9 Å². The van der Waals surface area contributed by atoms with Crippen LogP contribution in [0.1, 0.15) is 38.3 Å². The van der Waals surface area contributed by atoms with E-state index in [1.807, 2.05) is 12.3 Å². The zero-order valence-electron chi connectivity index (χ0n) is 12.2. The average molecular weight is 270 g/mol. The molecule has 3 atom stereocenters. The summed E-state index contributed by atoms with van der Waals surface area (Å²) in [5.74, 6) is 0. The Balaban J connectivity index is 1.92. The van der Waals surface area contributed by atoms with Crippen LogP contribution in [-0.2, 0) is 4.74 Å². The number of aromatic nitrogens is 1. The molecule has 0 saturated carbocycles. The molecule has 0 radical (unpaired) electrons. The van der Waals surface area contributed by atoms with E-state index in [9.17, 15) is 0 Å². The molecule has 0 aliphatic carbocycles. The number of rotatable bonds is 4. The molecule has 1 saturated heterocycles. The third kappa shape index (κ3) is 2.69. The van der Waals surface area contributed by atoms with Gasteiger partial charge in [-0.3, -0.25) is 4.98 Å². The number of fused-ring (bicyclic) bond motifs is 1. The summed E-state index contributed by atoms with van der Waals surface area (Å²) in [6.07, 6.45) is 4.88. The fourth-order valence-electron chi connectivity index (χ4n) is 3.02. The maximum Gasteiger partial charge on any atom is 0.0774 e. The van der Waals surface area contributed by atoms with E-state index in [2.05, 4.69) is 48.4 Å². The van der Waals surface area contributed by atoms with Gasteiger partial charge in [-0.15, -0.1) is 0 Å². The number of ether oxygens (including phenoxy) is 1. The minimum absolute atomic E-state index is 0.238. The van der Waals surface area contributed by atoms with Gasteiger partial charge in [-0.25, -0.2) is 0 Å². The molecular weight excluding hydrogens is 248 g/mol. The summed E-state index contributed by atoms with van der Waals surface area (Å²) >= 11 is 0. The second kappa shape index (κ2) is 5.90.